The molecule has 0 bridgehead atoms. The first-order valence-corrected chi connectivity index (χ1v) is 8.81. The second kappa shape index (κ2) is 8.46. The molecule has 3 N–H and O–H groups in total. The number of carbonyl (C=O) groups is 1. The summed E-state index contributed by atoms with van der Waals surface area (Å²) in [6.45, 7) is 9.40. The number of hydrogen-bond acceptors (Lipinski definition) is 3. The third-order valence-corrected chi connectivity index (χ3v) is 4.98. The molecule has 3 unspecified atom stereocenters. The van der Waals surface area contributed by atoms with Gasteiger partial charge in [0.2, 0.25) is 5.91 Å². The Morgan fingerprint density at radius 3 is 2.65 bits per heavy atom. The lowest BCUT2D eigenvalue weighted by Crippen LogP contribution is -2.45. The molecule has 1 amide bonds. The second-order valence-corrected chi connectivity index (χ2v) is 7.07. The quantitative estimate of drug-likeness (QED) is 0.848. The van der Waals surface area contributed by atoms with Crippen molar-refractivity contribution >= 4 is 5.91 Å². The number of nitrogens with one attached hydrogen (secondary N) is 1. The van der Waals surface area contributed by atoms with Crippen molar-refractivity contribution in [1.82, 2.24) is 10.2 Å². The molecule has 4 nitrogen and oxygen atoms in total. The average molecular weight is 317 g/mol. The van der Waals surface area contributed by atoms with E-state index in [2.05, 4.69) is 24.1 Å². The molecule has 0 aromatic heterocycles. The standard InChI is InChI=1S/C19H31N3O/c1-14(2)22-11-7-8-16(13-22)12-21-19(23)15(3)18(20)17-9-5-4-6-10-17/h4-6,9-10,14-16,18H,7-8,11-13,20H2,1-3H3,(H,21,23). The predicted molar refractivity (Wildman–Crippen MR) is 95.0 cm³/mol. The lowest BCUT2D eigenvalue weighted by molar-refractivity contribution is -0.125. The number of carbonyl (C=O) groups excluding carboxylic acids is 1. The van der Waals surface area contributed by atoms with Crippen LogP contribution in [-0.4, -0.2) is 36.5 Å². The topological polar surface area (TPSA) is 58.4 Å². The minimum absolute atomic E-state index is 0.0584. The van der Waals surface area contributed by atoms with Crippen LogP contribution in [0.5, 0.6) is 0 Å². The van der Waals surface area contributed by atoms with Crippen molar-refractivity contribution in [2.45, 2.75) is 45.7 Å². The average Bonchev–Trinajstić information content (AvgIpc) is 2.59. The fourth-order valence-corrected chi connectivity index (χ4v) is 3.27. The summed E-state index contributed by atoms with van der Waals surface area (Å²) in [4.78, 5) is 14.9. The van der Waals surface area contributed by atoms with Gasteiger partial charge in [0, 0.05) is 25.2 Å². The van der Waals surface area contributed by atoms with E-state index in [-0.39, 0.29) is 17.9 Å². The van der Waals surface area contributed by atoms with Crippen LogP contribution in [0.3, 0.4) is 0 Å². The zero-order chi connectivity index (χ0) is 16.8. The van der Waals surface area contributed by atoms with Crippen LogP contribution >= 0.6 is 0 Å². The minimum Gasteiger partial charge on any atom is -0.355 e. The summed E-state index contributed by atoms with van der Waals surface area (Å²) < 4.78 is 0. The van der Waals surface area contributed by atoms with Gasteiger partial charge < -0.3 is 16.0 Å². The van der Waals surface area contributed by atoms with Crippen molar-refractivity contribution in [2.75, 3.05) is 19.6 Å². The molecule has 128 valence electrons. The number of piperidine rings is 1. The Bertz CT molecular complexity index is 489. The van der Waals surface area contributed by atoms with Crippen molar-refractivity contribution in [3.63, 3.8) is 0 Å². The van der Waals surface area contributed by atoms with Gasteiger partial charge in [0.05, 0.1) is 5.92 Å². The van der Waals surface area contributed by atoms with Gasteiger partial charge in [0.1, 0.15) is 0 Å². The minimum atomic E-state index is -0.255. The van der Waals surface area contributed by atoms with Gasteiger partial charge >= 0.3 is 0 Å². The summed E-state index contributed by atoms with van der Waals surface area (Å²) in [6, 6.07) is 10.2. The SMILES string of the molecule is CC(C(=O)NCC1CCCN(C(C)C)C1)C(N)c1ccccc1. The van der Waals surface area contributed by atoms with Crippen molar-refractivity contribution in [1.29, 1.82) is 0 Å². The fraction of sp³-hybridized carbons (Fsp3) is 0.632. The third-order valence-electron chi connectivity index (χ3n) is 4.98. The van der Waals surface area contributed by atoms with E-state index < -0.39 is 0 Å². The normalized spacial score (nSPS) is 21.9. The molecule has 0 radical (unpaired) electrons. The lowest BCUT2D eigenvalue weighted by Gasteiger charge is -2.35. The van der Waals surface area contributed by atoms with Crippen molar-refractivity contribution in [3.05, 3.63) is 35.9 Å². The lowest BCUT2D eigenvalue weighted by atomic mass is 9.93. The first-order chi connectivity index (χ1) is 11.0. The third kappa shape index (κ3) is 5.05. The van der Waals surface area contributed by atoms with E-state index >= 15 is 0 Å². The number of benzene rings is 1. The molecule has 1 aromatic rings. The number of hydrogen-bond donors (Lipinski definition) is 2. The Morgan fingerprint density at radius 2 is 2.00 bits per heavy atom. The van der Waals surface area contributed by atoms with E-state index in [0.717, 1.165) is 18.7 Å². The zero-order valence-corrected chi connectivity index (χ0v) is 14.7. The molecule has 1 aliphatic rings. The van der Waals surface area contributed by atoms with E-state index in [1.165, 1.54) is 19.4 Å². The fourth-order valence-electron chi connectivity index (χ4n) is 3.27. The molecule has 0 saturated carbocycles. The molecule has 1 aliphatic heterocycles. The smallest absolute Gasteiger partial charge is 0.224 e. The summed E-state index contributed by atoms with van der Waals surface area (Å²) in [5.74, 6) is 0.389. The maximum absolute atomic E-state index is 12.4. The highest BCUT2D eigenvalue weighted by molar-refractivity contribution is 5.79. The van der Waals surface area contributed by atoms with E-state index in [1.54, 1.807) is 0 Å². The van der Waals surface area contributed by atoms with Crippen LogP contribution in [0.1, 0.15) is 45.2 Å². The first-order valence-electron chi connectivity index (χ1n) is 8.81. The molecular weight excluding hydrogens is 286 g/mol. The summed E-state index contributed by atoms with van der Waals surface area (Å²) in [5.41, 5.74) is 7.25. The van der Waals surface area contributed by atoms with Crippen LogP contribution in [0.25, 0.3) is 0 Å². The van der Waals surface area contributed by atoms with Gasteiger partial charge in [-0.3, -0.25) is 4.79 Å². The van der Waals surface area contributed by atoms with Crippen LogP contribution in [0.15, 0.2) is 30.3 Å². The highest BCUT2D eigenvalue weighted by atomic mass is 16.1. The predicted octanol–water partition coefficient (Wildman–Crippen LogP) is 2.56. The molecule has 1 aromatic carbocycles. The molecule has 0 aliphatic carbocycles. The van der Waals surface area contributed by atoms with Gasteiger partial charge in [0.15, 0.2) is 0 Å². The summed E-state index contributed by atoms with van der Waals surface area (Å²) >= 11 is 0. The molecule has 1 fully saturated rings. The van der Waals surface area contributed by atoms with Gasteiger partial charge in [-0.1, -0.05) is 37.3 Å². The Labute approximate surface area is 140 Å². The van der Waals surface area contributed by atoms with Gasteiger partial charge in [-0.25, -0.2) is 0 Å². The maximum atomic E-state index is 12.4. The number of amides is 1. The molecule has 4 heteroatoms. The van der Waals surface area contributed by atoms with Crippen LogP contribution in [-0.2, 0) is 4.79 Å². The zero-order valence-electron chi connectivity index (χ0n) is 14.7. The molecule has 1 saturated heterocycles. The number of likely N-dealkylation sites (tertiary alicyclic amines) is 1. The van der Waals surface area contributed by atoms with Gasteiger partial charge in [-0.2, -0.15) is 0 Å². The number of rotatable bonds is 6. The highest BCUT2D eigenvalue weighted by Gasteiger charge is 2.25. The van der Waals surface area contributed by atoms with Gasteiger partial charge in [0.25, 0.3) is 0 Å². The molecule has 2 rings (SSSR count). The second-order valence-electron chi connectivity index (χ2n) is 7.07. The summed E-state index contributed by atoms with van der Waals surface area (Å²) in [6.07, 6.45) is 2.42. The summed E-state index contributed by atoms with van der Waals surface area (Å²) in [5, 5.41) is 3.12. The molecular formula is C19H31N3O. The monoisotopic (exact) mass is 317 g/mol. The molecule has 23 heavy (non-hydrogen) atoms. The highest BCUT2D eigenvalue weighted by Crippen LogP contribution is 2.20. The van der Waals surface area contributed by atoms with Gasteiger partial charge in [-0.05, 0) is 44.7 Å². The van der Waals surface area contributed by atoms with Crippen LogP contribution in [0, 0.1) is 11.8 Å². The van der Waals surface area contributed by atoms with Crippen molar-refractivity contribution in [2.24, 2.45) is 17.6 Å². The van der Waals surface area contributed by atoms with E-state index in [9.17, 15) is 4.79 Å². The molecule has 3 atom stereocenters. The Kier molecular flexibility index (Phi) is 6.60. The van der Waals surface area contributed by atoms with Crippen molar-refractivity contribution < 1.29 is 4.79 Å². The Hall–Kier alpha value is -1.39. The molecule has 1 heterocycles. The largest absolute Gasteiger partial charge is 0.355 e. The maximum Gasteiger partial charge on any atom is 0.224 e. The summed E-state index contributed by atoms with van der Waals surface area (Å²) in [7, 11) is 0. The number of nitrogens with zero attached hydrogens (tertiary/aromatic N) is 1. The van der Waals surface area contributed by atoms with E-state index in [4.69, 9.17) is 5.73 Å². The molecule has 0 spiro atoms. The van der Waals surface area contributed by atoms with E-state index in [1.807, 2.05) is 37.3 Å². The van der Waals surface area contributed by atoms with Crippen LogP contribution in [0.4, 0.5) is 0 Å². The van der Waals surface area contributed by atoms with Gasteiger partial charge in [-0.15, -0.1) is 0 Å². The van der Waals surface area contributed by atoms with Crippen LogP contribution < -0.4 is 11.1 Å². The first kappa shape index (κ1) is 18.0. The number of nitrogens with two attached hydrogens (primary N) is 1. The van der Waals surface area contributed by atoms with E-state index in [0.29, 0.717) is 12.0 Å². The Balaban J connectivity index is 1.82. The van der Waals surface area contributed by atoms with Crippen molar-refractivity contribution in [3.8, 4) is 0 Å². The van der Waals surface area contributed by atoms with Crippen LogP contribution in [0.2, 0.25) is 0 Å². The Morgan fingerprint density at radius 1 is 1.30 bits per heavy atom.